The van der Waals surface area contributed by atoms with E-state index in [2.05, 4.69) is 0 Å². The Hall–Kier alpha value is -2.03. The molecule has 0 fully saturated rings. The SMILES string of the molecule is O=C(c1ccc2c(c1)CCC2)c1ccc(F)cc1F. The number of benzene rings is 2. The van der Waals surface area contributed by atoms with Gasteiger partial charge in [-0.1, -0.05) is 12.1 Å². The minimum Gasteiger partial charge on any atom is -0.288 e. The van der Waals surface area contributed by atoms with Gasteiger partial charge in [0, 0.05) is 11.6 Å². The van der Waals surface area contributed by atoms with Gasteiger partial charge < -0.3 is 0 Å². The van der Waals surface area contributed by atoms with E-state index in [1.54, 1.807) is 6.07 Å². The van der Waals surface area contributed by atoms with Crippen molar-refractivity contribution in [1.82, 2.24) is 0 Å². The summed E-state index contributed by atoms with van der Waals surface area (Å²) in [4.78, 5) is 12.2. The van der Waals surface area contributed by atoms with Crippen molar-refractivity contribution in [3.05, 3.63) is 70.3 Å². The summed E-state index contributed by atoms with van der Waals surface area (Å²) in [5.41, 5.74) is 2.80. The first-order valence-electron chi connectivity index (χ1n) is 6.27. The molecule has 0 bridgehead atoms. The van der Waals surface area contributed by atoms with Gasteiger partial charge in [-0.2, -0.15) is 0 Å². The lowest BCUT2D eigenvalue weighted by atomic mass is 9.99. The largest absolute Gasteiger partial charge is 0.288 e. The summed E-state index contributed by atoms with van der Waals surface area (Å²) in [5.74, 6) is -1.89. The van der Waals surface area contributed by atoms with Crippen LogP contribution in [0.15, 0.2) is 36.4 Å². The van der Waals surface area contributed by atoms with Crippen LogP contribution in [0, 0.1) is 11.6 Å². The second-order valence-corrected chi connectivity index (χ2v) is 4.79. The Morgan fingerprint density at radius 2 is 1.74 bits per heavy atom. The van der Waals surface area contributed by atoms with Crippen molar-refractivity contribution in [2.45, 2.75) is 19.3 Å². The highest BCUT2D eigenvalue weighted by molar-refractivity contribution is 6.09. The summed E-state index contributed by atoms with van der Waals surface area (Å²) in [6.45, 7) is 0. The number of hydrogen-bond acceptors (Lipinski definition) is 1. The molecule has 0 amide bonds. The van der Waals surface area contributed by atoms with Crippen LogP contribution in [0.3, 0.4) is 0 Å². The van der Waals surface area contributed by atoms with E-state index in [9.17, 15) is 13.6 Å². The average Bonchev–Trinajstić information content (AvgIpc) is 2.85. The Balaban J connectivity index is 2.00. The lowest BCUT2D eigenvalue weighted by molar-refractivity contribution is 0.103. The number of halogens is 2. The third-order valence-corrected chi connectivity index (χ3v) is 3.54. The molecule has 0 spiro atoms. The molecule has 1 aliphatic carbocycles. The second kappa shape index (κ2) is 4.57. The van der Waals surface area contributed by atoms with Crippen LogP contribution in [0.2, 0.25) is 0 Å². The van der Waals surface area contributed by atoms with E-state index < -0.39 is 17.4 Å². The molecule has 2 aromatic carbocycles. The van der Waals surface area contributed by atoms with Crippen LogP contribution in [0.4, 0.5) is 8.78 Å². The molecule has 0 atom stereocenters. The highest BCUT2D eigenvalue weighted by atomic mass is 19.1. The van der Waals surface area contributed by atoms with Crippen LogP contribution >= 0.6 is 0 Å². The van der Waals surface area contributed by atoms with Crippen LogP contribution in [0.5, 0.6) is 0 Å². The van der Waals surface area contributed by atoms with Gasteiger partial charge in [-0.25, -0.2) is 8.78 Å². The number of carbonyl (C=O) groups excluding carboxylic acids is 1. The molecular formula is C16H12F2O. The number of carbonyl (C=O) groups is 1. The zero-order valence-electron chi connectivity index (χ0n) is 10.2. The fourth-order valence-corrected chi connectivity index (χ4v) is 2.54. The average molecular weight is 258 g/mol. The summed E-state index contributed by atoms with van der Waals surface area (Å²) in [6, 6.07) is 8.50. The third-order valence-electron chi connectivity index (χ3n) is 3.54. The fraction of sp³-hybridized carbons (Fsp3) is 0.188. The Morgan fingerprint density at radius 3 is 2.53 bits per heavy atom. The summed E-state index contributed by atoms with van der Waals surface area (Å²) in [6.07, 6.45) is 3.09. The first-order valence-corrected chi connectivity index (χ1v) is 6.27. The molecule has 0 radical (unpaired) electrons. The zero-order valence-corrected chi connectivity index (χ0v) is 10.2. The maximum atomic E-state index is 13.6. The third kappa shape index (κ3) is 2.16. The summed E-state index contributed by atoms with van der Waals surface area (Å²) >= 11 is 0. The molecule has 19 heavy (non-hydrogen) atoms. The smallest absolute Gasteiger partial charge is 0.195 e. The number of rotatable bonds is 2. The van der Waals surface area contributed by atoms with Crippen LogP contribution in [0.25, 0.3) is 0 Å². The molecular weight excluding hydrogens is 246 g/mol. The second-order valence-electron chi connectivity index (χ2n) is 4.79. The Bertz CT molecular complexity index is 662. The monoisotopic (exact) mass is 258 g/mol. The van der Waals surface area contributed by atoms with E-state index in [1.807, 2.05) is 12.1 Å². The van der Waals surface area contributed by atoms with Gasteiger partial charge in [-0.15, -0.1) is 0 Å². The molecule has 0 saturated heterocycles. The summed E-state index contributed by atoms with van der Waals surface area (Å²) in [7, 11) is 0. The fourth-order valence-electron chi connectivity index (χ4n) is 2.54. The normalized spacial score (nSPS) is 13.4. The molecule has 1 aliphatic rings. The molecule has 0 aromatic heterocycles. The Morgan fingerprint density at radius 1 is 0.947 bits per heavy atom. The quantitative estimate of drug-likeness (QED) is 0.751. The van der Waals surface area contributed by atoms with Crippen molar-refractivity contribution in [2.75, 3.05) is 0 Å². The van der Waals surface area contributed by atoms with Gasteiger partial charge in [0.05, 0.1) is 5.56 Å². The van der Waals surface area contributed by atoms with Crippen LogP contribution < -0.4 is 0 Å². The molecule has 0 unspecified atom stereocenters. The van der Waals surface area contributed by atoms with Crippen molar-refractivity contribution in [2.24, 2.45) is 0 Å². The van der Waals surface area contributed by atoms with Crippen LogP contribution in [-0.4, -0.2) is 5.78 Å². The minimum absolute atomic E-state index is 0.0839. The van der Waals surface area contributed by atoms with Gasteiger partial charge in [0.2, 0.25) is 0 Å². The molecule has 0 saturated carbocycles. The maximum Gasteiger partial charge on any atom is 0.195 e. The molecule has 3 rings (SSSR count). The van der Waals surface area contributed by atoms with Crippen molar-refractivity contribution in [1.29, 1.82) is 0 Å². The molecule has 0 N–H and O–H groups in total. The summed E-state index contributed by atoms with van der Waals surface area (Å²) < 4.78 is 26.4. The highest BCUT2D eigenvalue weighted by Crippen LogP contribution is 2.24. The molecule has 0 heterocycles. The van der Waals surface area contributed by atoms with E-state index in [1.165, 1.54) is 11.6 Å². The van der Waals surface area contributed by atoms with Crippen molar-refractivity contribution in [3.8, 4) is 0 Å². The van der Waals surface area contributed by atoms with Crippen molar-refractivity contribution >= 4 is 5.78 Å². The molecule has 96 valence electrons. The van der Waals surface area contributed by atoms with E-state index in [0.717, 1.165) is 37.0 Å². The number of hydrogen-bond donors (Lipinski definition) is 0. The standard InChI is InChI=1S/C16H12F2O/c17-13-6-7-14(15(18)9-13)16(19)12-5-4-10-2-1-3-11(10)8-12/h4-9H,1-3H2. The van der Waals surface area contributed by atoms with E-state index >= 15 is 0 Å². The Kier molecular flexibility index (Phi) is 2.90. The van der Waals surface area contributed by atoms with Crippen LogP contribution in [0.1, 0.15) is 33.5 Å². The van der Waals surface area contributed by atoms with Gasteiger partial charge in [0.15, 0.2) is 5.78 Å². The minimum atomic E-state index is -0.814. The molecule has 1 nitrogen and oxygen atoms in total. The summed E-state index contributed by atoms with van der Waals surface area (Å²) in [5, 5.41) is 0. The van der Waals surface area contributed by atoms with Gasteiger partial charge >= 0.3 is 0 Å². The van der Waals surface area contributed by atoms with Crippen LogP contribution in [-0.2, 0) is 12.8 Å². The van der Waals surface area contributed by atoms with Crippen molar-refractivity contribution < 1.29 is 13.6 Å². The van der Waals surface area contributed by atoms with E-state index in [4.69, 9.17) is 0 Å². The first-order chi connectivity index (χ1) is 9.15. The van der Waals surface area contributed by atoms with Gasteiger partial charge in [0.1, 0.15) is 11.6 Å². The van der Waals surface area contributed by atoms with Crippen molar-refractivity contribution in [3.63, 3.8) is 0 Å². The number of aryl methyl sites for hydroxylation is 2. The van der Waals surface area contributed by atoms with E-state index in [-0.39, 0.29) is 5.56 Å². The predicted octanol–water partition coefficient (Wildman–Crippen LogP) is 3.68. The topological polar surface area (TPSA) is 17.1 Å². The Labute approximate surface area is 109 Å². The van der Waals surface area contributed by atoms with Gasteiger partial charge in [-0.05, 0) is 48.6 Å². The molecule has 2 aromatic rings. The van der Waals surface area contributed by atoms with Gasteiger partial charge in [-0.3, -0.25) is 4.79 Å². The molecule has 0 aliphatic heterocycles. The predicted molar refractivity (Wildman–Crippen MR) is 68.3 cm³/mol. The zero-order chi connectivity index (χ0) is 13.4. The maximum absolute atomic E-state index is 13.6. The number of ketones is 1. The van der Waals surface area contributed by atoms with E-state index in [0.29, 0.717) is 5.56 Å². The molecule has 3 heteroatoms. The van der Waals surface area contributed by atoms with Gasteiger partial charge in [0.25, 0.3) is 0 Å². The number of fused-ring (bicyclic) bond motifs is 1. The lowest BCUT2D eigenvalue weighted by Gasteiger charge is -2.05. The lowest BCUT2D eigenvalue weighted by Crippen LogP contribution is -2.05. The first kappa shape index (κ1) is 12.0. The highest BCUT2D eigenvalue weighted by Gasteiger charge is 2.17.